The largest absolute Gasteiger partial charge is 0.481 e. The molecule has 0 aromatic heterocycles. The zero-order valence-electron chi connectivity index (χ0n) is 9.16. The van der Waals surface area contributed by atoms with Crippen molar-refractivity contribution < 1.29 is 14.7 Å². The molecule has 0 spiro atoms. The Hall–Kier alpha value is -1.16. The molecule has 3 nitrogen and oxygen atoms in total. The molecule has 1 unspecified atom stereocenters. The smallest absolute Gasteiger partial charge is 0.307 e. The Labute approximate surface area is 103 Å². The summed E-state index contributed by atoms with van der Waals surface area (Å²) in [6, 6.07) is 5.25. The molecule has 0 radical (unpaired) electrons. The van der Waals surface area contributed by atoms with Crippen LogP contribution in [-0.2, 0) is 11.2 Å². The number of Topliss-reactive ketones (excluding diaryl/α,β-unsaturated/α-hetero) is 1. The molecule has 1 aromatic rings. The normalized spacial score (nSPS) is 12.2. The van der Waals surface area contributed by atoms with Gasteiger partial charge in [0.05, 0.1) is 11.2 Å². The second kappa shape index (κ2) is 5.25. The van der Waals surface area contributed by atoms with Gasteiger partial charge in [-0.05, 0) is 25.0 Å². The number of benzene rings is 1. The number of alkyl halides is 1. The molecule has 86 valence electrons. The number of aliphatic carboxylic acids is 1. The number of ketones is 1. The van der Waals surface area contributed by atoms with E-state index in [2.05, 4.69) is 15.9 Å². The number of carbonyl (C=O) groups excluding carboxylic acids is 1. The lowest BCUT2D eigenvalue weighted by Crippen LogP contribution is -2.15. The topological polar surface area (TPSA) is 54.4 Å². The maximum atomic E-state index is 11.9. The van der Waals surface area contributed by atoms with Crippen molar-refractivity contribution in [1.82, 2.24) is 0 Å². The Morgan fingerprint density at radius 2 is 2.06 bits per heavy atom. The minimum Gasteiger partial charge on any atom is -0.481 e. The van der Waals surface area contributed by atoms with Crippen molar-refractivity contribution in [2.75, 3.05) is 0 Å². The van der Waals surface area contributed by atoms with Crippen LogP contribution < -0.4 is 0 Å². The molecule has 0 saturated carbocycles. The molecular formula is C12H13BrO3. The average molecular weight is 285 g/mol. The lowest BCUT2D eigenvalue weighted by atomic mass is 9.95. The summed E-state index contributed by atoms with van der Waals surface area (Å²) in [5, 5.41) is 8.81. The SMILES string of the molecule is Cc1cccc(C(=O)C(C)Br)c1CC(=O)O. The molecular weight excluding hydrogens is 272 g/mol. The van der Waals surface area contributed by atoms with Gasteiger partial charge in [0.1, 0.15) is 0 Å². The number of aryl methyl sites for hydroxylation is 1. The van der Waals surface area contributed by atoms with Gasteiger partial charge in [-0.25, -0.2) is 0 Å². The van der Waals surface area contributed by atoms with Gasteiger partial charge in [-0.15, -0.1) is 0 Å². The second-order valence-electron chi connectivity index (χ2n) is 3.65. The molecule has 1 aromatic carbocycles. The highest BCUT2D eigenvalue weighted by Crippen LogP contribution is 2.19. The van der Waals surface area contributed by atoms with Crippen LogP contribution in [0.3, 0.4) is 0 Å². The van der Waals surface area contributed by atoms with Gasteiger partial charge in [-0.3, -0.25) is 9.59 Å². The fourth-order valence-corrected chi connectivity index (χ4v) is 1.78. The summed E-state index contributed by atoms with van der Waals surface area (Å²) in [7, 11) is 0. The van der Waals surface area contributed by atoms with Crippen molar-refractivity contribution >= 4 is 27.7 Å². The van der Waals surface area contributed by atoms with Gasteiger partial charge < -0.3 is 5.11 Å². The fraction of sp³-hybridized carbons (Fsp3) is 0.333. The van der Waals surface area contributed by atoms with Gasteiger partial charge >= 0.3 is 5.97 Å². The number of carbonyl (C=O) groups is 2. The average Bonchev–Trinajstić information content (AvgIpc) is 2.19. The molecule has 0 aliphatic rings. The van der Waals surface area contributed by atoms with Crippen LogP contribution in [-0.4, -0.2) is 21.7 Å². The summed E-state index contributed by atoms with van der Waals surface area (Å²) in [5.74, 6) is -1.01. The third-order valence-electron chi connectivity index (χ3n) is 2.36. The van der Waals surface area contributed by atoms with E-state index >= 15 is 0 Å². The monoisotopic (exact) mass is 284 g/mol. The van der Waals surface area contributed by atoms with Gasteiger partial charge in [0.15, 0.2) is 5.78 Å². The predicted molar refractivity (Wildman–Crippen MR) is 65.2 cm³/mol. The van der Waals surface area contributed by atoms with Crippen LogP contribution in [0.15, 0.2) is 18.2 Å². The van der Waals surface area contributed by atoms with E-state index in [-0.39, 0.29) is 17.0 Å². The van der Waals surface area contributed by atoms with Crippen molar-refractivity contribution in [2.24, 2.45) is 0 Å². The zero-order chi connectivity index (χ0) is 12.3. The predicted octanol–water partition coefficient (Wildman–Crippen LogP) is 2.59. The first-order valence-corrected chi connectivity index (χ1v) is 5.83. The Kier molecular flexibility index (Phi) is 4.24. The maximum absolute atomic E-state index is 11.9. The summed E-state index contributed by atoms with van der Waals surface area (Å²) in [6.45, 7) is 3.54. The van der Waals surface area contributed by atoms with E-state index < -0.39 is 5.97 Å². The van der Waals surface area contributed by atoms with Gasteiger partial charge in [0, 0.05) is 5.56 Å². The minimum absolute atomic E-state index is 0.0834. The number of hydrogen-bond acceptors (Lipinski definition) is 2. The highest BCUT2D eigenvalue weighted by Gasteiger charge is 2.18. The molecule has 0 aliphatic carbocycles. The number of carboxylic acids is 1. The quantitative estimate of drug-likeness (QED) is 0.683. The first kappa shape index (κ1) is 12.9. The van der Waals surface area contributed by atoms with Crippen LogP contribution in [0.4, 0.5) is 0 Å². The third-order valence-corrected chi connectivity index (χ3v) is 2.78. The van der Waals surface area contributed by atoms with Crippen molar-refractivity contribution in [2.45, 2.75) is 25.1 Å². The molecule has 0 amide bonds. The van der Waals surface area contributed by atoms with Gasteiger partial charge in [0.2, 0.25) is 0 Å². The summed E-state index contributed by atoms with van der Waals surface area (Å²) in [6.07, 6.45) is -0.118. The maximum Gasteiger partial charge on any atom is 0.307 e. The van der Waals surface area contributed by atoms with E-state index in [4.69, 9.17) is 5.11 Å². The van der Waals surface area contributed by atoms with Gasteiger partial charge in [-0.2, -0.15) is 0 Å². The Balaban J connectivity index is 3.22. The molecule has 0 heterocycles. The van der Waals surface area contributed by atoms with Crippen LogP contribution in [0.1, 0.15) is 28.4 Å². The number of rotatable bonds is 4. The van der Waals surface area contributed by atoms with E-state index in [1.165, 1.54) is 0 Å². The van der Waals surface area contributed by atoms with Crippen LogP contribution in [0.25, 0.3) is 0 Å². The standard InChI is InChI=1S/C12H13BrO3/c1-7-4-3-5-9(12(16)8(2)13)10(7)6-11(14)15/h3-5,8H,6H2,1-2H3,(H,14,15). The Morgan fingerprint density at radius 3 is 2.56 bits per heavy atom. The van der Waals surface area contributed by atoms with Crippen LogP contribution >= 0.6 is 15.9 Å². The van der Waals surface area contributed by atoms with E-state index in [0.29, 0.717) is 11.1 Å². The molecule has 0 fully saturated rings. The van der Waals surface area contributed by atoms with Gasteiger partial charge in [0.25, 0.3) is 0 Å². The third kappa shape index (κ3) is 2.92. The second-order valence-corrected chi connectivity index (χ2v) is 5.03. The summed E-state index contributed by atoms with van der Waals surface area (Å²) < 4.78 is 0. The minimum atomic E-state index is -0.925. The number of hydrogen-bond donors (Lipinski definition) is 1. The molecule has 4 heteroatoms. The van der Waals surface area contributed by atoms with Gasteiger partial charge in [-0.1, -0.05) is 34.1 Å². The highest BCUT2D eigenvalue weighted by molar-refractivity contribution is 9.10. The van der Waals surface area contributed by atoms with Crippen molar-refractivity contribution in [3.8, 4) is 0 Å². The van der Waals surface area contributed by atoms with Crippen LogP contribution in [0.5, 0.6) is 0 Å². The Bertz CT molecular complexity index is 424. The fourth-order valence-electron chi connectivity index (χ4n) is 1.53. The van der Waals surface area contributed by atoms with E-state index in [1.54, 1.807) is 19.1 Å². The first-order valence-electron chi connectivity index (χ1n) is 4.92. The van der Waals surface area contributed by atoms with Crippen molar-refractivity contribution in [3.63, 3.8) is 0 Å². The molecule has 0 aliphatic heterocycles. The molecule has 1 atom stereocenters. The lowest BCUT2D eigenvalue weighted by molar-refractivity contribution is -0.136. The molecule has 1 N–H and O–H groups in total. The number of halogens is 1. The summed E-state index contributed by atoms with van der Waals surface area (Å²) >= 11 is 3.20. The number of carboxylic acid groups (broad SMARTS) is 1. The molecule has 0 saturated heterocycles. The molecule has 0 bridgehead atoms. The zero-order valence-corrected chi connectivity index (χ0v) is 10.7. The van der Waals surface area contributed by atoms with Crippen LogP contribution in [0, 0.1) is 6.92 Å². The molecule has 16 heavy (non-hydrogen) atoms. The summed E-state index contributed by atoms with van der Waals surface area (Å²) in [4.78, 5) is 22.3. The van der Waals surface area contributed by atoms with Crippen molar-refractivity contribution in [1.29, 1.82) is 0 Å². The lowest BCUT2D eigenvalue weighted by Gasteiger charge is -2.11. The summed E-state index contributed by atoms with van der Waals surface area (Å²) in [5.41, 5.74) is 1.93. The first-order chi connectivity index (χ1) is 7.43. The van der Waals surface area contributed by atoms with E-state index in [9.17, 15) is 9.59 Å². The highest BCUT2D eigenvalue weighted by atomic mass is 79.9. The van der Waals surface area contributed by atoms with E-state index in [0.717, 1.165) is 5.56 Å². The van der Waals surface area contributed by atoms with E-state index in [1.807, 2.05) is 13.0 Å². The van der Waals surface area contributed by atoms with Crippen molar-refractivity contribution in [3.05, 3.63) is 34.9 Å². The molecule has 1 rings (SSSR count). The Morgan fingerprint density at radius 1 is 1.44 bits per heavy atom. The van der Waals surface area contributed by atoms with Crippen LogP contribution in [0.2, 0.25) is 0 Å².